The molecule has 9 heteroatoms. The van der Waals surface area contributed by atoms with E-state index in [9.17, 15) is 9.90 Å². The number of hydrogen-bond donors (Lipinski definition) is 2. The van der Waals surface area contributed by atoms with Crippen molar-refractivity contribution in [2.24, 2.45) is 5.92 Å². The van der Waals surface area contributed by atoms with Gasteiger partial charge in [-0.15, -0.1) is 0 Å². The van der Waals surface area contributed by atoms with Gasteiger partial charge in [0.15, 0.2) is 11.5 Å². The van der Waals surface area contributed by atoms with Crippen LogP contribution in [0.3, 0.4) is 0 Å². The zero-order valence-electron chi connectivity index (χ0n) is 12.8. The van der Waals surface area contributed by atoms with E-state index in [1.807, 2.05) is 6.92 Å². The van der Waals surface area contributed by atoms with Gasteiger partial charge in [-0.05, 0) is 6.42 Å². The molecule has 1 aliphatic rings. The van der Waals surface area contributed by atoms with Gasteiger partial charge in [-0.3, -0.25) is 9.36 Å². The Balaban J connectivity index is 1.83. The molecular weight excluding hydrogens is 302 g/mol. The van der Waals surface area contributed by atoms with Crippen molar-refractivity contribution < 1.29 is 19.4 Å². The number of aliphatic hydroxyl groups excluding tert-OH is 1. The van der Waals surface area contributed by atoms with Gasteiger partial charge >= 0.3 is 5.97 Å². The molecule has 3 rings (SSSR count). The fourth-order valence-corrected chi connectivity index (χ4v) is 2.71. The van der Waals surface area contributed by atoms with E-state index in [0.29, 0.717) is 24.2 Å². The van der Waals surface area contributed by atoms with Crippen molar-refractivity contribution in [2.75, 3.05) is 18.9 Å². The second-order valence-electron chi connectivity index (χ2n) is 5.40. The zero-order valence-corrected chi connectivity index (χ0v) is 12.8. The molecule has 0 spiro atoms. The van der Waals surface area contributed by atoms with Crippen molar-refractivity contribution in [2.45, 2.75) is 32.1 Å². The molecular formula is C14H19N5O4. The van der Waals surface area contributed by atoms with Gasteiger partial charge < -0.3 is 20.3 Å². The number of nitrogens with two attached hydrogens (primary N) is 1. The Morgan fingerprint density at radius 3 is 3.09 bits per heavy atom. The molecule has 0 radical (unpaired) electrons. The molecule has 2 aromatic rings. The van der Waals surface area contributed by atoms with Gasteiger partial charge in [-0.25, -0.2) is 15.0 Å². The van der Waals surface area contributed by atoms with Crippen molar-refractivity contribution in [1.29, 1.82) is 0 Å². The van der Waals surface area contributed by atoms with Gasteiger partial charge in [0.2, 0.25) is 0 Å². The molecule has 0 aliphatic carbocycles. The third-order valence-corrected chi connectivity index (χ3v) is 3.86. The Kier molecular flexibility index (Phi) is 4.39. The second kappa shape index (κ2) is 6.47. The Morgan fingerprint density at radius 1 is 1.52 bits per heavy atom. The molecule has 1 fully saturated rings. The van der Waals surface area contributed by atoms with Crippen molar-refractivity contribution in [3.05, 3.63) is 12.7 Å². The van der Waals surface area contributed by atoms with E-state index in [-0.39, 0.29) is 18.4 Å². The first-order chi connectivity index (χ1) is 11.2. The molecule has 9 nitrogen and oxygen atoms in total. The molecule has 3 N–H and O–H groups in total. The van der Waals surface area contributed by atoms with Gasteiger partial charge in [0.05, 0.1) is 31.6 Å². The number of ether oxygens (including phenoxy) is 2. The monoisotopic (exact) mass is 321 g/mol. The van der Waals surface area contributed by atoms with E-state index >= 15 is 0 Å². The average molecular weight is 321 g/mol. The van der Waals surface area contributed by atoms with Gasteiger partial charge in [-0.2, -0.15) is 0 Å². The normalized spacial score (nSPS) is 24.2. The Labute approximate surface area is 132 Å². The van der Waals surface area contributed by atoms with E-state index in [1.54, 1.807) is 10.9 Å². The maximum Gasteiger partial charge on any atom is 0.311 e. The minimum Gasteiger partial charge on any atom is -0.465 e. The minimum absolute atomic E-state index is 0.258. The predicted molar refractivity (Wildman–Crippen MR) is 80.1 cm³/mol. The van der Waals surface area contributed by atoms with Crippen LogP contribution in [0.4, 0.5) is 5.82 Å². The molecule has 124 valence electrons. The summed E-state index contributed by atoms with van der Waals surface area (Å²) in [7, 11) is 0. The molecule has 23 heavy (non-hydrogen) atoms. The van der Waals surface area contributed by atoms with Crippen LogP contribution < -0.4 is 5.73 Å². The summed E-state index contributed by atoms with van der Waals surface area (Å²) in [5.41, 5.74) is 6.78. The highest BCUT2D eigenvalue weighted by Gasteiger charge is 2.41. The van der Waals surface area contributed by atoms with Crippen molar-refractivity contribution in [3.8, 4) is 0 Å². The van der Waals surface area contributed by atoms with Crippen LogP contribution >= 0.6 is 0 Å². The largest absolute Gasteiger partial charge is 0.465 e. The lowest BCUT2D eigenvalue weighted by Crippen LogP contribution is -2.29. The number of hydrogen-bond acceptors (Lipinski definition) is 8. The molecule has 2 aromatic heterocycles. The predicted octanol–water partition coefficient (Wildman–Crippen LogP) is 0.258. The molecule has 0 bridgehead atoms. The minimum atomic E-state index is -0.610. The number of nitrogens with zero attached hydrogens (tertiary/aromatic N) is 4. The van der Waals surface area contributed by atoms with Gasteiger partial charge in [-0.1, -0.05) is 6.92 Å². The summed E-state index contributed by atoms with van der Waals surface area (Å²) in [4.78, 5) is 24.4. The third kappa shape index (κ3) is 2.84. The summed E-state index contributed by atoms with van der Waals surface area (Å²) in [5.74, 6) is -0.593. The van der Waals surface area contributed by atoms with Crippen LogP contribution in [0, 0.1) is 5.92 Å². The number of anilines is 1. The highest BCUT2D eigenvalue weighted by molar-refractivity contribution is 5.81. The number of aromatic nitrogens is 4. The van der Waals surface area contributed by atoms with Gasteiger partial charge in [0, 0.05) is 6.42 Å². The number of rotatable bonds is 5. The summed E-state index contributed by atoms with van der Waals surface area (Å²) in [6, 6.07) is 0. The Morgan fingerprint density at radius 2 is 2.35 bits per heavy atom. The summed E-state index contributed by atoms with van der Waals surface area (Å²) in [6.07, 6.45) is 2.94. The second-order valence-corrected chi connectivity index (χ2v) is 5.40. The first-order valence-electron chi connectivity index (χ1n) is 7.51. The van der Waals surface area contributed by atoms with E-state index in [2.05, 4.69) is 15.0 Å². The van der Waals surface area contributed by atoms with Crippen molar-refractivity contribution in [1.82, 2.24) is 19.5 Å². The average Bonchev–Trinajstić information content (AvgIpc) is 3.16. The molecule has 1 saturated heterocycles. The lowest BCUT2D eigenvalue weighted by atomic mass is 10.0. The van der Waals surface area contributed by atoms with E-state index in [1.165, 1.54) is 6.33 Å². The maximum atomic E-state index is 12.1. The van der Waals surface area contributed by atoms with Crippen LogP contribution in [0.5, 0.6) is 0 Å². The third-order valence-electron chi connectivity index (χ3n) is 3.86. The smallest absolute Gasteiger partial charge is 0.311 e. The van der Waals surface area contributed by atoms with Crippen LogP contribution in [-0.4, -0.2) is 49.9 Å². The summed E-state index contributed by atoms with van der Waals surface area (Å²) < 4.78 is 12.7. The molecule has 0 amide bonds. The molecule has 1 unspecified atom stereocenters. The highest BCUT2D eigenvalue weighted by Crippen LogP contribution is 2.35. The maximum absolute atomic E-state index is 12.1. The molecule has 3 heterocycles. The van der Waals surface area contributed by atoms with E-state index < -0.39 is 18.2 Å². The SMILES string of the molecule is CCCOC(=O)[C@H]1CC(n2cnc3c(N)ncnc32)O[C@@H]1CO. The molecule has 1 aliphatic heterocycles. The number of aliphatic hydroxyl groups is 1. The van der Waals surface area contributed by atoms with E-state index in [4.69, 9.17) is 15.2 Å². The van der Waals surface area contributed by atoms with Crippen molar-refractivity contribution in [3.63, 3.8) is 0 Å². The number of imidazole rings is 1. The summed E-state index contributed by atoms with van der Waals surface area (Å²) >= 11 is 0. The molecule has 0 saturated carbocycles. The first-order valence-corrected chi connectivity index (χ1v) is 7.51. The number of esters is 1. The fourth-order valence-electron chi connectivity index (χ4n) is 2.71. The Hall–Kier alpha value is -2.26. The number of carbonyl (C=O) groups is 1. The quantitative estimate of drug-likeness (QED) is 0.751. The van der Waals surface area contributed by atoms with Gasteiger partial charge in [0.1, 0.15) is 18.1 Å². The van der Waals surface area contributed by atoms with Crippen LogP contribution in [0.2, 0.25) is 0 Å². The highest BCUT2D eigenvalue weighted by atomic mass is 16.6. The van der Waals surface area contributed by atoms with Crippen molar-refractivity contribution >= 4 is 23.0 Å². The number of nitrogen functional groups attached to an aromatic ring is 1. The Bertz CT molecular complexity index is 704. The van der Waals surface area contributed by atoms with Crippen LogP contribution in [-0.2, 0) is 14.3 Å². The first kappa shape index (κ1) is 15.6. The fraction of sp³-hybridized carbons (Fsp3) is 0.571. The molecule has 0 aromatic carbocycles. The van der Waals surface area contributed by atoms with Crippen LogP contribution in [0.25, 0.3) is 11.2 Å². The number of fused-ring (bicyclic) bond motifs is 1. The summed E-state index contributed by atoms with van der Waals surface area (Å²) in [5, 5.41) is 9.48. The summed E-state index contributed by atoms with van der Waals surface area (Å²) in [6.45, 7) is 2.02. The van der Waals surface area contributed by atoms with Crippen LogP contribution in [0.15, 0.2) is 12.7 Å². The zero-order chi connectivity index (χ0) is 16.4. The lowest BCUT2D eigenvalue weighted by molar-refractivity contribution is -0.151. The van der Waals surface area contributed by atoms with Gasteiger partial charge in [0.25, 0.3) is 0 Å². The lowest BCUT2D eigenvalue weighted by Gasteiger charge is -2.14. The van der Waals surface area contributed by atoms with Crippen LogP contribution in [0.1, 0.15) is 26.0 Å². The number of carbonyl (C=O) groups excluding carboxylic acids is 1. The molecule has 3 atom stereocenters. The standard InChI is InChI=1S/C14H19N5O4/c1-2-3-22-14(21)8-4-10(23-9(8)5-20)19-7-18-11-12(15)16-6-17-13(11)19/h6-10,20H,2-5H2,1H3,(H2,15,16,17)/t8-,9+,10?/m0/s1. The topological polar surface area (TPSA) is 125 Å². The van der Waals surface area contributed by atoms with E-state index in [0.717, 1.165) is 6.42 Å².